The Kier molecular flexibility index (Phi) is 5.63. The molecule has 20 heavy (non-hydrogen) atoms. The lowest BCUT2D eigenvalue weighted by atomic mass is 10.2. The molecule has 0 aliphatic carbocycles. The van der Waals surface area contributed by atoms with Gasteiger partial charge in [0.15, 0.2) is 0 Å². The van der Waals surface area contributed by atoms with Crippen molar-refractivity contribution in [1.82, 2.24) is 9.97 Å². The summed E-state index contributed by atoms with van der Waals surface area (Å²) in [6, 6.07) is -0.0394. The van der Waals surface area contributed by atoms with Gasteiger partial charge in [-0.3, -0.25) is 10.1 Å². The zero-order valence-electron chi connectivity index (χ0n) is 12.5. The lowest BCUT2D eigenvalue weighted by molar-refractivity contribution is -0.385. The van der Waals surface area contributed by atoms with Gasteiger partial charge < -0.3 is 15.0 Å². The van der Waals surface area contributed by atoms with E-state index in [0.717, 1.165) is 0 Å². The Bertz CT molecular complexity index is 480. The van der Waals surface area contributed by atoms with Crippen molar-refractivity contribution in [2.75, 3.05) is 37.5 Å². The van der Waals surface area contributed by atoms with Crippen LogP contribution in [0.25, 0.3) is 0 Å². The summed E-state index contributed by atoms with van der Waals surface area (Å²) < 4.78 is 5.08. The fourth-order valence-corrected chi connectivity index (χ4v) is 1.81. The first kappa shape index (κ1) is 16.1. The minimum Gasteiger partial charge on any atom is -0.383 e. The third kappa shape index (κ3) is 3.53. The highest BCUT2D eigenvalue weighted by atomic mass is 16.6. The van der Waals surface area contributed by atoms with Crippen LogP contribution in [0.15, 0.2) is 0 Å². The molecule has 8 nitrogen and oxygen atoms in total. The Morgan fingerprint density at radius 2 is 2.15 bits per heavy atom. The molecule has 1 aromatic rings. The number of aryl methyl sites for hydroxylation is 1. The maximum Gasteiger partial charge on any atom is 0.332 e. The number of hydrogen-bond acceptors (Lipinski definition) is 7. The number of nitrogens with zero attached hydrogens (tertiary/aromatic N) is 4. The second-order valence-electron chi connectivity index (χ2n) is 4.51. The van der Waals surface area contributed by atoms with Crippen LogP contribution in [0, 0.1) is 17.0 Å². The van der Waals surface area contributed by atoms with Crippen molar-refractivity contribution < 1.29 is 9.66 Å². The number of nitro groups is 1. The van der Waals surface area contributed by atoms with E-state index in [0.29, 0.717) is 30.6 Å². The van der Waals surface area contributed by atoms with E-state index >= 15 is 0 Å². The molecule has 8 heteroatoms. The van der Waals surface area contributed by atoms with Gasteiger partial charge in [-0.2, -0.15) is 4.98 Å². The van der Waals surface area contributed by atoms with E-state index in [1.807, 2.05) is 13.8 Å². The zero-order valence-corrected chi connectivity index (χ0v) is 12.5. The van der Waals surface area contributed by atoms with Crippen LogP contribution in [-0.2, 0) is 4.74 Å². The van der Waals surface area contributed by atoms with E-state index in [1.54, 1.807) is 26.0 Å². The molecule has 0 fully saturated rings. The molecule has 0 saturated heterocycles. The van der Waals surface area contributed by atoms with Gasteiger partial charge >= 0.3 is 5.69 Å². The molecule has 0 radical (unpaired) electrons. The number of ether oxygens (including phenoxy) is 1. The summed E-state index contributed by atoms with van der Waals surface area (Å²) in [6.45, 7) is 6.54. The lowest BCUT2D eigenvalue weighted by Gasteiger charge is -2.25. The molecule has 0 bridgehead atoms. The molecule has 1 aromatic heterocycles. The van der Waals surface area contributed by atoms with Crippen molar-refractivity contribution in [2.45, 2.75) is 26.8 Å². The van der Waals surface area contributed by atoms with Gasteiger partial charge in [-0.1, -0.05) is 0 Å². The third-order valence-corrected chi connectivity index (χ3v) is 2.96. The normalized spacial score (nSPS) is 12.1. The molecule has 0 aromatic carbocycles. The number of nitrogens with one attached hydrogen (secondary N) is 1. The first-order valence-electron chi connectivity index (χ1n) is 6.41. The van der Waals surface area contributed by atoms with Crippen LogP contribution in [0.3, 0.4) is 0 Å². The van der Waals surface area contributed by atoms with Crippen molar-refractivity contribution in [1.29, 1.82) is 0 Å². The highest BCUT2D eigenvalue weighted by Gasteiger charge is 2.26. The molecule has 0 spiro atoms. The van der Waals surface area contributed by atoms with Crippen LogP contribution in [0.2, 0.25) is 0 Å². The maximum atomic E-state index is 11.2. The number of anilines is 2. The van der Waals surface area contributed by atoms with E-state index in [-0.39, 0.29) is 11.7 Å². The highest BCUT2D eigenvalue weighted by Crippen LogP contribution is 2.30. The average molecular weight is 283 g/mol. The number of likely N-dealkylation sites (N-methyl/N-ethyl adjacent to an activating group) is 1. The molecular formula is C12H21N5O3. The smallest absolute Gasteiger partial charge is 0.332 e. The van der Waals surface area contributed by atoms with Crippen LogP contribution in [0.1, 0.15) is 19.5 Å². The predicted molar refractivity (Wildman–Crippen MR) is 77.3 cm³/mol. The summed E-state index contributed by atoms with van der Waals surface area (Å²) in [5, 5.41) is 14.2. The SMILES string of the molecule is CCNc1nc(C)c([N+](=O)[O-])c(N(C)C(C)COC)n1. The molecular weight excluding hydrogens is 262 g/mol. The Hall–Kier alpha value is -1.96. The van der Waals surface area contributed by atoms with E-state index in [2.05, 4.69) is 15.3 Å². The minimum absolute atomic E-state index is 0.0394. The number of aromatic nitrogens is 2. The molecule has 0 aliphatic heterocycles. The number of rotatable bonds is 7. The summed E-state index contributed by atoms with van der Waals surface area (Å²) in [5.74, 6) is 0.685. The Morgan fingerprint density at radius 1 is 1.50 bits per heavy atom. The van der Waals surface area contributed by atoms with Crippen LogP contribution in [0.5, 0.6) is 0 Å². The van der Waals surface area contributed by atoms with Gasteiger partial charge in [-0.05, 0) is 20.8 Å². The van der Waals surface area contributed by atoms with Crippen LogP contribution < -0.4 is 10.2 Å². The molecule has 1 N–H and O–H groups in total. The second kappa shape index (κ2) is 6.99. The summed E-state index contributed by atoms with van der Waals surface area (Å²) in [6.07, 6.45) is 0. The van der Waals surface area contributed by atoms with E-state index in [4.69, 9.17) is 4.74 Å². The fraction of sp³-hybridized carbons (Fsp3) is 0.667. The molecule has 1 heterocycles. The first-order valence-corrected chi connectivity index (χ1v) is 6.41. The van der Waals surface area contributed by atoms with E-state index in [9.17, 15) is 10.1 Å². The molecule has 0 aliphatic rings. The van der Waals surface area contributed by atoms with Crippen molar-refractivity contribution in [3.63, 3.8) is 0 Å². The topological polar surface area (TPSA) is 93.4 Å². The first-order chi connectivity index (χ1) is 9.42. The summed E-state index contributed by atoms with van der Waals surface area (Å²) >= 11 is 0. The van der Waals surface area contributed by atoms with Crippen molar-refractivity contribution in [3.8, 4) is 0 Å². The molecule has 112 valence electrons. The van der Waals surface area contributed by atoms with Gasteiger partial charge in [0.05, 0.1) is 17.6 Å². The van der Waals surface area contributed by atoms with Crippen LogP contribution in [-0.4, -0.2) is 48.2 Å². The van der Waals surface area contributed by atoms with Gasteiger partial charge in [0.1, 0.15) is 5.69 Å². The van der Waals surface area contributed by atoms with Crippen molar-refractivity contribution in [2.24, 2.45) is 0 Å². The molecule has 0 saturated carbocycles. The Balaban J connectivity index is 3.28. The highest BCUT2D eigenvalue weighted by molar-refractivity contribution is 5.62. The summed E-state index contributed by atoms with van der Waals surface area (Å²) in [5.41, 5.74) is 0.268. The number of hydrogen-bond donors (Lipinski definition) is 1. The quantitative estimate of drug-likeness (QED) is 0.600. The molecule has 1 unspecified atom stereocenters. The molecule has 0 amide bonds. The van der Waals surface area contributed by atoms with Gasteiger partial charge in [0, 0.05) is 20.7 Å². The Labute approximate surface area is 118 Å². The van der Waals surface area contributed by atoms with Crippen molar-refractivity contribution >= 4 is 17.5 Å². The standard InChI is InChI=1S/C12H21N5O3/c1-6-13-12-14-9(3)10(17(18)19)11(15-12)16(4)8(2)7-20-5/h8H,6-7H2,1-5H3,(H,13,14,15). The van der Waals surface area contributed by atoms with Gasteiger partial charge in [-0.25, -0.2) is 4.98 Å². The average Bonchev–Trinajstić information content (AvgIpc) is 2.37. The Morgan fingerprint density at radius 3 is 2.65 bits per heavy atom. The number of methoxy groups -OCH3 is 1. The van der Waals surface area contributed by atoms with Gasteiger partial charge in [0.2, 0.25) is 11.8 Å². The predicted octanol–water partition coefficient (Wildman–Crippen LogP) is 1.60. The van der Waals surface area contributed by atoms with Gasteiger partial charge in [-0.15, -0.1) is 0 Å². The largest absolute Gasteiger partial charge is 0.383 e. The minimum atomic E-state index is -0.448. The summed E-state index contributed by atoms with van der Waals surface area (Å²) in [7, 11) is 3.35. The maximum absolute atomic E-state index is 11.2. The summed E-state index contributed by atoms with van der Waals surface area (Å²) in [4.78, 5) is 20.9. The van der Waals surface area contributed by atoms with E-state index < -0.39 is 4.92 Å². The van der Waals surface area contributed by atoms with E-state index in [1.165, 1.54) is 0 Å². The zero-order chi connectivity index (χ0) is 15.3. The fourth-order valence-electron chi connectivity index (χ4n) is 1.81. The monoisotopic (exact) mass is 283 g/mol. The molecule has 1 rings (SSSR count). The lowest BCUT2D eigenvalue weighted by Crippen LogP contribution is -2.34. The third-order valence-electron chi connectivity index (χ3n) is 2.96. The van der Waals surface area contributed by atoms with Crippen molar-refractivity contribution in [3.05, 3.63) is 15.8 Å². The van der Waals surface area contributed by atoms with Crippen LogP contribution in [0.4, 0.5) is 17.5 Å². The second-order valence-corrected chi connectivity index (χ2v) is 4.51. The van der Waals surface area contributed by atoms with Gasteiger partial charge in [0.25, 0.3) is 0 Å². The van der Waals surface area contributed by atoms with Crippen LogP contribution >= 0.6 is 0 Å². The molecule has 1 atom stereocenters.